The van der Waals surface area contributed by atoms with E-state index in [1.807, 2.05) is 30.7 Å². The van der Waals surface area contributed by atoms with Crippen molar-refractivity contribution in [1.82, 2.24) is 20.2 Å². The highest BCUT2D eigenvalue weighted by Gasteiger charge is 1.98. The standard InChI is InChI=1S/C16H22ClN5/c1-18-16(20-7-3-10-22-11-9-19-13-22)21-8-6-14-4-2-5-15(17)12-14/h2,4-5,9,11-13H,3,6-8,10H2,1H3,(H2,18,20,21). The lowest BCUT2D eigenvalue weighted by molar-refractivity contribution is 0.624. The van der Waals surface area contributed by atoms with Gasteiger partial charge in [0, 0.05) is 44.1 Å². The number of guanidine groups is 1. The van der Waals surface area contributed by atoms with Crippen LogP contribution in [0.15, 0.2) is 48.0 Å². The minimum absolute atomic E-state index is 0.777. The number of hydrogen-bond acceptors (Lipinski definition) is 2. The molecule has 0 bridgehead atoms. The molecule has 0 aliphatic rings. The fraction of sp³-hybridized carbons (Fsp3) is 0.375. The van der Waals surface area contributed by atoms with Crippen molar-refractivity contribution < 1.29 is 0 Å². The molecule has 0 saturated carbocycles. The van der Waals surface area contributed by atoms with E-state index in [0.29, 0.717) is 0 Å². The second kappa shape index (κ2) is 9.10. The number of aromatic nitrogens is 2. The molecule has 2 aromatic rings. The molecule has 0 radical (unpaired) electrons. The molecule has 1 aromatic carbocycles. The van der Waals surface area contributed by atoms with Gasteiger partial charge < -0.3 is 15.2 Å². The van der Waals surface area contributed by atoms with Gasteiger partial charge in [0.25, 0.3) is 0 Å². The molecule has 0 saturated heterocycles. The molecule has 0 unspecified atom stereocenters. The Bertz CT molecular complexity index is 580. The van der Waals surface area contributed by atoms with Crippen molar-refractivity contribution in [3.8, 4) is 0 Å². The number of imidazole rings is 1. The Kier molecular flexibility index (Phi) is 6.77. The van der Waals surface area contributed by atoms with Crippen LogP contribution in [0.25, 0.3) is 0 Å². The first kappa shape index (κ1) is 16.4. The minimum atomic E-state index is 0.777. The van der Waals surface area contributed by atoms with Gasteiger partial charge in [0.1, 0.15) is 0 Å². The van der Waals surface area contributed by atoms with Crippen LogP contribution >= 0.6 is 11.6 Å². The molecule has 118 valence electrons. The van der Waals surface area contributed by atoms with Crippen molar-refractivity contribution in [2.45, 2.75) is 19.4 Å². The van der Waals surface area contributed by atoms with Crippen LogP contribution in [0.5, 0.6) is 0 Å². The number of benzene rings is 1. The quantitative estimate of drug-likeness (QED) is 0.468. The Balaban J connectivity index is 1.62. The SMILES string of the molecule is CN=C(NCCCn1ccnc1)NCCc1cccc(Cl)c1. The summed E-state index contributed by atoms with van der Waals surface area (Å²) in [5.41, 5.74) is 1.22. The summed E-state index contributed by atoms with van der Waals surface area (Å²) in [4.78, 5) is 8.25. The number of hydrogen-bond donors (Lipinski definition) is 2. The van der Waals surface area contributed by atoms with Gasteiger partial charge in [-0.25, -0.2) is 4.98 Å². The van der Waals surface area contributed by atoms with E-state index in [-0.39, 0.29) is 0 Å². The number of nitrogens with one attached hydrogen (secondary N) is 2. The molecule has 22 heavy (non-hydrogen) atoms. The maximum absolute atomic E-state index is 5.98. The van der Waals surface area contributed by atoms with E-state index in [1.54, 1.807) is 13.2 Å². The van der Waals surface area contributed by atoms with Crippen molar-refractivity contribution in [3.05, 3.63) is 53.6 Å². The van der Waals surface area contributed by atoms with Crippen LogP contribution in [0.2, 0.25) is 5.02 Å². The average Bonchev–Trinajstić information content (AvgIpc) is 3.03. The number of nitrogens with zero attached hydrogens (tertiary/aromatic N) is 3. The van der Waals surface area contributed by atoms with E-state index in [4.69, 9.17) is 11.6 Å². The number of aryl methyl sites for hydroxylation is 1. The molecule has 6 heteroatoms. The summed E-state index contributed by atoms with van der Waals surface area (Å²) >= 11 is 5.98. The Morgan fingerprint density at radius 1 is 1.32 bits per heavy atom. The number of aliphatic imine (C=N–C) groups is 1. The summed E-state index contributed by atoms with van der Waals surface area (Å²) in [5.74, 6) is 0.827. The summed E-state index contributed by atoms with van der Waals surface area (Å²) in [6.07, 6.45) is 7.53. The van der Waals surface area contributed by atoms with Crippen molar-refractivity contribution >= 4 is 17.6 Å². The van der Waals surface area contributed by atoms with E-state index >= 15 is 0 Å². The normalized spacial score (nSPS) is 11.5. The van der Waals surface area contributed by atoms with Crippen LogP contribution in [0.4, 0.5) is 0 Å². The lowest BCUT2D eigenvalue weighted by Crippen LogP contribution is -2.38. The zero-order valence-corrected chi connectivity index (χ0v) is 13.6. The van der Waals surface area contributed by atoms with Crippen LogP contribution in [0.1, 0.15) is 12.0 Å². The predicted octanol–water partition coefficient (Wildman–Crippen LogP) is 2.33. The fourth-order valence-corrected chi connectivity index (χ4v) is 2.34. The highest BCUT2D eigenvalue weighted by molar-refractivity contribution is 6.30. The summed E-state index contributed by atoms with van der Waals surface area (Å²) in [6.45, 7) is 2.64. The fourth-order valence-electron chi connectivity index (χ4n) is 2.13. The molecule has 2 rings (SSSR count). The predicted molar refractivity (Wildman–Crippen MR) is 91.4 cm³/mol. The van der Waals surface area contributed by atoms with Gasteiger partial charge in [-0.15, -0.1) is 0 Å². The van der Waals surface area contributed by atoms with Gasteiger partial charge in [-0.2, -0.15) is 0 Å². The summed E-state index contributed by atoms with van der Waals surface area (Å²) < 4.78 is 2.07. The Hall–Kier alpha value is -2.01. The molecule has 0 amide bonds. The van der Waals surface area contributed by atoms with E-state index < -0.39 is 0 Å². The maximum Gasteiger partial charge on any atom is 0.190 e. The van der Waals surface area contributed by atoms with E-state index in [9.17, 15) is 0 Å². The summed E-state index contributed by atoms with van der Waals surface area (Å²) in [6, 6.07) is 7.93. The van der Waals surface area contributed by atoms with E-state index in [2.05, 4.69) is 31.2 Å². The van der Waals surface area contributed by atoms with Crippen molar-refractivity contribution in [2.24, 2.45) is 4.99 Å². The number of halogens is 1. The Labute approximate surface area is 136 Å². The second-order valence-corrected chi connectivity index (χ2v) is 5.40. The first-order valence-corrected chi connectivity index (χ1v) is 7.80. The molecule has 0 aliphatic carbocycles. The maximum atomic E-state index is 5.98. The van der Waals surface area contributed by atoms with Gasteiger partial charge in [0.05, 0.1) is 6.33 Å². The molecule has 5 nitrogen and oxygen atoms in total. The summed E-state index contributed by atoms with van der Waals surface area (Å²) in [5, 5.41) is 7.39. The number of rotatable bonds is 7. The molecular formula is C16H22ClN5. The molecule has 2 N–H and O–H groups in total. The lowest BCUT2D eigenvalue weighted by Gasteiger charge is -2.12. The van der Waals surface area contributed by atoms with Gasteiger partial charge in [0.2, 0.25) is 0 Å². The van der Waals surface area contributed by atoms with Gasteiger partial charge in [0.15, 0.2) is 5.96 Å². The third kappa shape index (κ3) is 5.77. The lowest BCUT2D eigenvalue weighted by atomic mass is 10.1. The summed E-state index contributed by atoms with van der Waals surface area (Å²) in [7, 11) is 1.78. The van der Waals surface area contributed by atoms with Crippen molar-refractivity contribution in [1.29, 1.82) is 0 Å². The van der Waals surface area contributed by atoms with E-state index in [0.717, 1.165) is 43.5 Å². The molecule has 0 spiro atoms. The van der Waals surface area contributed by atoms with Crippen LogP contribution < -0.4 is 10.6 Å². The van der Waals surface area contributed by atoms with Crippen LogP contribution in [0, 0.1) is 0 Å². The Morgan fingerprint density at radius 2 is 2.18 bits per heavy atom. The third-order valence-corrected chi connectivity index (χ3v) is 3.50. The van der Waals surface area contributed by atoms with Crippen molar-refractivity contribution in [2.75, 3.05) is 20.1 Å². The van der Waals surface area contributed by atoms with Gasteiger partial charge in [-0.3, -0.25) is 4.99 Å². The van der Waals surface area contributed by atoms with E-state index in [1.165, 1.54) is 5.56 Å². The van der Waals surface area contributed by atoms with Crippen molar-refractivity contribution in [3.63, 3.8) is 0 Å². The van der Waals surface area contributed by atoms with Gasteiger partial charge in [-0.1, -0.05) is 23.7 Å². The third-order valence-electron chi connectivity index (χ3n) is 3.26. The minimum Gasteiger partial charge on any atom is -0.356 e. The molecule has 0 fully saturated rings. The van der Waals surface area contributed by atoms with Crippen LogP contribution in [0.3, 0.4) is 0 Å². The first-order valence-electron chi connectivity index (χ1n) is 7.42. The van der Waals surface area contributed by atoms with Gasteiger partial charge >= 0.3 is 0 Å². The molecule has 1 heterocycles. The Morgan fingerprint density at radius 3 is 2.91 bits per heavy atom. The van der Waals surface area contributed by atoms with Crippen LogP contribution in [-0.4, -0.2) is 35.6 Å². The molecular weight excluding hydrogens is 298 g/mol. The highest BCUT2D eigenvalue weighted by atomic mass is 35.5. The second-order valence-electron chi connectivity index (χ2n) is 4.96. The van der Waals surface area contributed by atoms with Crippen LogP contribution in [-0.2, 0) is 13.0 Å². The van der Waals surface area contributed by atoms with Gasteiger partial charge in [-0.05, 0) is 30.5 Å². The first-order chi connectivity index (χ1) is 10.8. The smallest absolute Gasteiger partial charge is 0.190 e. The largest absolute Gasteiger partial charge is 0.356 e. The molecule has 0 aliphatic heterocycles. The topological polar surface area (TPSA) is 54.2 Å². The average molecular weight is 320 g/mol. The monoisotopic (exact) mass is 319 g/mol. The highest BCUT2D eigenvalue weighted by Crippen LogP contribution is 2.10. The molecule has 1 aromatic heterocycles. The molecule has 0 atom stereocenters. The zero-order valence-electron chi connectivity index (χ0n) is 12.8. The zero-order chi connectivity index (χ0) is 15.6.